The van der Waals surface area contributed by atoms with E-state index in [1.54, 1.807) is 12.0 Å². The number of nitrogens with zero attached hydrogens (tertiary/aromatic N) is 1. The number of primary amides is 1. The summed E-state index contributed by atoms with van der Waals surface area (Å²) in [5, 5.41) is 0. The number of aromatic nitrogens is 1. The van der Waals surface area contributed by atoms with Crippen molar-refractivity contribution in [2.45, 2.75) is 38.8 Å². The van der Waals surface area contributed by atoms with Gasteiger partial charge in [0, 0.05) is 32.3 Å². The van der Waals surface area contributed by atoms with Crippen LogP contribution in [0.5, 0.6) is 0 Å². The minimum atomic E-state index is -0.770. The highest BCUT2D eigenvalue weighted by Crippen LogP contribution is 2.20. The van der Waals surface area contributed by atoms with Crippen molar-refractivity contribution < 1.29 is 14.3 Å². The summed E-state index contributed by atoms with van der Waals surface area (Å²) in [6.45, 7) is 4.58. The highest BCUT2D eigenvalue weighted by atomic mass is 16.5. The van der Waals surface area contributed by atoms with Gasteiger partial charge in [0.1, 0.15) is 5.56 Å². The molecule has 0 saturated carbocycles. The normalized spacial score (nSPS) is 14.6. The summed E-state index contributed by atoms with van der Waals surface area (Å²) >= 11 is 0. The first-order valence-electron chi connectivity index (χ1n) is 7.11. The molecule has 0 fully saturated rings. The molecule has 120 valence electrons. The first kappa shape index (κ1) is 16.2. The number of aromatic amines is 1. The molecular formula is C15H21N3O4. The van der Waals surface area contributed by atoms with Crippen LogP contribution in [-0.2, 0) is 22.5 Å². The number of amides is 2. The molecule has 0 atom stereocenters. The minimum Gasteiger partial charge on any atom is -0.378 e. The van der Waals surface area contributed by atoms with E-state index < -0.39 is 17.1 Å². The summed E-state index contributed by atoms with van der Waals surface area (Å²) in [5.41, 5.74) is 5.61. The highest BCUT2D eigenvalue weighted by Gasteiger charge is 2.28. The zero-order valence-corrected chi connectivity index (χ0v) is 13.1. The molecule has 3 N–H and O–H groups in total. The quantitative estimate of drug-likeness (QED) is 0.827. The van der Waals surface area contributed by atoms with Crippen molar-refractivity contribution in [2.24, 2.45) is 5.73 Å². The molecule has 0 unspecified atom stereocenters. The maximum Gasteiger partial charge on any atom is 0.261 e. The number of hydrogen-bond acceptors (Lipinski definition) is 4. The molecule has 0 aromatic carbocycles. The molecule has 0 bridgehead atoms. The molecule has 0 aliphatic carbocycles. The standard InChI is InChI=1S/C15H21N3O4/c1-15(2,22-3)7-12(19)18-5-4-11-9(8-18)6-10(13(16)20)14(21)17-11/h6H,4-5,7-8H2,1-3H3,(H2,16,20)(H,17,21). The van der Waals surface area contributed by atoms with Gasteiger partial charge in [-0.2, -0.15) is 0 Å². The molecule has 7 nitrogen and oxygen atoms in total. The van der Waals surface area contributed by atoms with Gasteiger partial charge in [0.25, 0.3) is 11.5 Å². The van der Waals surface area contributed by atoms with Crippen LogP contribution < -0.4 is 11.3 Å². The number of nitrogens with one attached hydrogen (secondary N) is 1. The third-order valence-corrected chi connectivity index (χ3v) is 3.96. The molecule has 1 aromatic rings. The molecule has 1 aromatic heterocycles. The summed E-state index contributed by atoms with van der Waals surface area (Å²) < 4.78 is 5.28. The van der Waals surface area contributed by atoms with Crippen LogP contribution in [0.4, 0.5) is 0 Å². The van der Waals surface area contributed by atoms with Crippen LogP contribution in [0.3, 0.4) is 0 Å². The monoisotopic (exact) mass is 307 g/mol. The fourth-order valence-electron chi connectivity index (χ4n) is 2.45. The third kappa shape index (κ3) is 3.36. The molecule has 0 saturated heterocycles. The van der Waals surface area contributed by atoms with Crippen molar-refractivity contribution >= 4 is 11.8 Å². The maximum absolute atomic E-state index is 12.4. The number of hydrogen-bond donors (Lipinski definition) is 2. The Morgan fingerprint density at radius 1 is 1.45 bits per heavy atom. The van der Waals surface area contributed by atoms with E-state index in [1.165, 1.54) is 6.07 Å². The second-order valence-electron chi connectivity index (χ2n) is 6.09. The molecular weight excluding hydrogens is 286 g/mol. The van der Waals surface area contributed by atoms with E-state index in [0.29, 0.717) is 19.5 Å². The molecule has 7 heteroatoms. The van der Waals surface area contributed by atoms with Gasteiger partial charge >= 0.3 is 0 Å². The summed E-state index contributed by atoms with van der Waals surface area (Å²) in [7, 11) is 1.57. The Morgan fingerprint density at radius 3 is 2.73 bits per heavy atom. The lowest BCUT2D eigenvalue weighted by Gasteiger charge is -2.31. The van der Waals surface area contributed by atoms with Crippen LogP contribution in [-0.4, -0.2) is 41.0 Å². The molecule has 1 aliphatic heterocycles. The second kappa shape index (κ2) is 5.92. The van der Waals surface area contributed by atoms with E-state index in [9.17, 15) is 14.4 Å². The Hall–Kier alpha value is -2.15. The van der Waals surface area contributed by atoms with Crippen molar-refractivity contribution in [1.29, 1.82) is 0 Å². The van der Waals surface area contributed by atoms with E-state index in [1.807, 2.05) is 13.8 Å². The number of carbonyl (C=O) groups excluding carboxylic acids is 2. The van der Waals surface area contributed by atoms with E-state index in [0.717, 1.165) is 11.3 Å². The lowest BCUT2D eigenvalue weighted by molar-refractivity contribution is -0.137. The summed E-state index contributed by atoms with van der Waals surface area (Å²) in [6, 6.07) is 1.48. The van der Waals surface area contributed by atoms with Gasteiger partial charge < -0.3 is 20.4 Å². The zero-order valence-electron chi connectivity index (χ0n) is 13.1. The average Bonchev–Trinajstić information content (AvgIpc) is 2.45. The summed E-state index contributed by atoms with van der Waals surface area (Å²) in [4.78, 5) is 39.7. The lowest BCUT2D eigenvalue weighted by atomic mass is 10.00. The molecule has 2 rings (SSSR count). The number of methoxy groups -OCH3 is 1. The van der Waals surface area contributed by atoms with Crippen LogP contribution in [0, 0.1) is 0 Å². The van der Waals surface area contributed by atoms with Gasteiger partial charge in [-0.05, 0) is 25.5 Å². The smallest absolute Gasteiger partial charge is 0.261 e. The Bertz CT molecular complexity index is 663. The van der Waals surface area contributed by atoms with Gasteiger partial charge in [0.05, 0.1) is 12.0 Å². The molecule has 22 heavy (non-hydrogen) atoms. The van der Waals surface area contributed by atoms with Gasteiger partial charge in [-0.15, -0.1) is 0 Å². The first-order valence-corrected chi connectivity index (χ1v) is 7.11. The van der Waals surface area contributed by atoms with Gasteiger partial charge in [0.15, 0.2) is 0 Å². The minimum absolute atomic E-state index is 0.0238. The highest BCUT2D eigenvalue weighted by molar-refractivity contribution is 5.92. The third-order valence-electron chi connectivity index (χ3n) is 3.96. The number of pyridine rings is 1. The summed E-state index contributed by atoms with van der Waals surface area (Å²) in [5.74, 6) is -0.794. The number of rotatable bonds is 4. The van der Waals surface area contributed by atoms with E-state index in [-0.39, 0.29) is 17.9 Å². The number of ether oxygens (including phenoxy) is 1. The Labute approximate surface area is 128 Å². The van der Waals surface area contributed by atoms with Gasteiger partial charge in [-0.25, -0.2) is 0 Å². The number of fused-ring (bicyclic) bond motifs is 1. The summed E-state index contributed by atoms with van der Waals surface area (Å²) in [6.07, 6.45) is 0.813. The van der Waals surface area contributed by atoms with Crippen molar-refractivity contribution in [2.75, 3.05) is 13.7 Å². The number of carbonyl (C=O) groups is 2. The van der Waals surface area contributed by atoms with E-state index in [2.05, 4.69) is 4.98 Å². The molecule has 2 amide bonds. The van der Waals surface area contributed by atoms with E-state index >= 15 is 0 Å². The van der Waals surface area contributed by atoms with Crippen molar-refractivity contribution in [1.82, 2.24) is 9.88 Å². The van der Waals surface area contributed by atoms with Gasteiger partial charge in [-0.1, -0.05) is 0 Å². The molecule has 0 spiro atoms. The Balaban J connectivity index is 2.21. The number of nitrogens with two attached hydrogens (primary N) is 1. The van der Waals surface area contributed by atoms with Crippen LogP contribution in [0.25, 0.3) is 0 Å². The van der Waals surface area contributed by atoms with Gasteiger partial charge in [-0.3, -0.25) is 14.4 Å². The van der Waals surface area contributed by atoms with Crippen molar-refractivity contribution in [3.63, 3.8) is 0 Å². The fraction of sp³-hybridized carbons (Fsp3) is 0.533. The number of H-pyrrole nitrogens is 1. The van der Waals surface area contributed by atoms with Crippen LogP contribution in [0.2, 0.25) is 0 Å². The SMILES string of the molecule is COC(C)(C)CC(=O)N1CCc2[nH]c(=O)c(C(N)=O)cc2C1. The van der Waals surface area contributed by atoms with Crippen molar-refractivity contribution in [3.05, 3.63) is 33.2 Å². The largest absolute Gasteiger partial charge is 0.378 e. The predicted octanol–water partition coefficient (Wildman–Crippen LogP) is 0.174. The zero-order chi connectivity index (χ0) is 16.5. The van der Waals surface area contributed by atoms with E-state index in [4.69, 9.17) is 10.5 Å². The van der Waals surface area contributed by atoms with Crippen LogP contribution in [0.15, 0.2) is 10.9 Å². The average molecular weight is 307 g/mol. The predicted molar refractivity (Wildman–Crippen MR) is 80.4 cm³/mol. The topological polar surface area (TPSA) is 105 Å². The maximum atomic E-state index is 12.4. The van der Waals surface area contributed by atoms with Gasteiger partial charge in [0.2, 0.25) is 5.91 Å². The fourth-order valence-corrected chi connectivity index (χ4v) is 2.45. The van der Waals surface area contributed by atoms with Crippen LogP contribution in [0.1, 0.15) is 41.9 Å². The Morgan fingerprint density at radius 2 is 2.14 bits per heavy atom. The van der Waals surface area contributed by atoms with Crippen LogP contribution >= 0.6 is 0 Å². The second-order valence-corrected chi connectivity index (χ2v) is 6.09. The molecule has 2 heterocycles. The van der Waals surface area contributed by atoms with Crippen molar-refractivity contribution in [3.8, 4) is 0 Å². The Kier molecular flexibility index (Phi) is 4.37. The first-order chi connectivity index (χ1) is 10.2. The lowest BCUT2D eigenvalue weighted by Crippen LogP contribution is -2.41. The molecule has 0 radical (unpaired) electrons. The molecule has 1 aliphatic rings.